The van der Waals surface area contributed by atoms with E-state index < -0.39 is 0 Å². The Morgan fingerprint density at radius 2 is 2.09 bits per heavy atom. The van der Waals surface area contributed by atoms with Gasteiger partial charge in [-0.15, -0.1) is 0 Å². The monoisotopic (exact) mass is 151 g/mol. The lowest BCUT2D eigenvalue weighted by Gasteiger charge is -2.22. The van der Waals surface area contributed by atoms with Gasteiger partial charge in [-0.3, -0.25) is 4.79 Å². The van der Waals surface area contributed by atoms with Gasteiger partial charge in [0, 0.05) is 5.41 Å². The van der Waals surface area contributed by atoms with Gasteiger partial charge in [-0.1, -0.05) is 11.8 Å². The van der Waals surface area contributed by atoms with Crippen LogP contribution in [0.3, 0.4) is 0 Å². The number of amides is 1. The van der Waals surface area contributed by atoms with Crippen molar-refractivity contribution in [2.75, 3.05) is 0 Å². The highest BCUT2D eigenvalue weighted by Crippen LogP contribution is 2.11. The second kappa shape index (κ2) is 2.58. The summed E-state index contributed by atoms with van der Waals surface area (Å²) in [5.41, 5.74) is 0.0420. The van der Waals surface area contributed by atoms with Crippen molar-refractivity contribution in [1.29, 1.82) is 0 Å². The fraction of sp³-hybridized carbons (Fsp3) is 0.667. The van der Waals surface area contributed by atoms with E-state index in [1.165, 1.54) is 0 Å². The normalized spacial score (nSPS) is 22.8. The third-order valence-corrected chi connectivity index (χ3v) is 1.35. The quantitative estimate of drug-likeness (QED) is 0.405. The van der Waals surface area contributed by atoms with Crippen LogP contribution in [0.15, 0.2) is 0 Å². The van der Waals surface area contributed by atoms with Crippen LogP contribution in [0.25, 0.3) is 0 Å². The van der Waals surface area contributed by atoms with Crippen molar-refractivity contribution < 1.29 is 4.79 Å². The predicted octanol–water partition coefficient (Wildman–Crippen LogP) is 0.924. The van der Waals surface area contributed by atoms with Crippen molar-refractivity contribution in [3.8, 4) is 11.8 Å². The van der Waals surface area contributed by atoms with Gasteiger partial charge in [-0.25, -0.2) is 0 Å². The van der Waals surface area contributed by atoms with Crippen LogP contribution >= 0.6 is 0 Å². The van der Waals surface area contributed by atoms with Gasteiger partial charge in [0.1, 0.15) is 0 Å². The van der Waals surface area contributed by atoms with Crippen molar-refractivity contribution in [1.82, 2.24) is 5.32 Å². The molecule has 0 spiro atoms. The molecule has 1 unspecified atom stereocenters. The maximum atomic E-state index is 10.5. The fourth-order valence-corrected chi connectivity index (χ4v) is 0.749. The van der Waals surface area contributed by atoms with Crippen LogP contribution in [-0.2, 0) is 4.79 Å². The van der Waals surface area contributed by atoms with Gasteiger partial charge in [-0.2, -0.15) is 0 Å². The molecule has 1 aliphatic rings. The first-order chi connectivity index (χ1) is 4.97. The molecule has 0 radical (unpaired) electrons. The number of β-lactam (4-membered cyclic amide) rings is 1. The van der Waals surface area contributed by atoms with Crippen LogP contribution in [0.1, 0.15) is 27.2 Å². The van der Waals surface area contributed by atoms with E-state index in [9.17, 15) is 4.79 Å². The molecule has 0 bridgehead atoms. The van der Waals surface area contributed by atoms with Gasteiger partial charge in [0.05, 0.1) is 12.5 Å². The minimum absolute atomic E-state index is 0.0420. The Bertz CT molecular complexity index is 218. The Hall–Kier alpha value is -0.970. The van der Waals surface area contributed by atoms with Gasteiger partial charge in [0.15, 0.2) is 0 Å². The summed E-state index contributed by atoms with van der Waals surface area (Å²) in [6.07, 6.45) is 0.572. The Morgan fingerprint density at radius 1 is 1.55 bits per heavy atom. The van der Waals surface area contributed by atoms with Gasteiger partial charge >= 0.3 is 0 Å². The third-order valence-electron chi connectivity index (χ3n) is 1.35. The van der Waals surface area contributed by atoms with E-state index in [0.29, 0.717) is 6.42 Å². The number of hydrogen-bond acceptors (Lipinski definition) is 1. The Kier molecular flexibility index (Phi) is 1.90. The Labute approximate surface area is 67.4 Å². The zero-order valence-electron chi connectivity index (χ0n) is 7.19. The molecule has 1 aliphatic heterocycles. The molecular weight excluding hydrogens is 138 g/mol. The summed E-state index contributed by atoms with van der Waals surface area (Å²) in [4.78, 5) is 10.5. The van der Waals surface area contributed by atoms with Gasteiger partial charge in [-0.05, 0) is 20.8 Å². The van der Waals surface area contributed by atoms with Crippen LogP contribution in [0.4, 0.5) is 0 Å². The van der Waals surface area contributed by atoms with E-state index in [1.807, 2.05) is 0 Å². The van der Waals surface area contributed by atoms with Gasteiger partial charge in [0.2, 0.25) is 5.91 Å². The van der Waals surface area contributed by atoms with Crippen LogP contribution in [0.5, 0.6) is 0 Å². The van der Waals surface area contributed by atoms with E-state index in [2.05, 4.69) is 37.9 Å². The van der Waals surface area contributed by atoms with Crippen molar-refractivity contribution in [3.05, 3.63) is 0 Å². The maximum Gasteiger partial charge on any atom is 0.224 e. The van der Waals surface area contributed by atoms with Gasteiger partial charge in [0.25, 0.3) is 0 Å². The molecule has 0 aromatic carbocycles. The smallest absolute Gasteiger partial charge is 0.224 e. The zero-order valence-corrected chi connectivity index (χ0v) is 7.19. The first-order valence-electron chi connectivity index (χ1n) is 3.79. The molecule has 1 fully saturated rings. The number of rotatable bonds is 0. The van der Waals surface area contributed by atoms with Crippen molar-refractivity contribution in [2.24, 2.45) is 5.41 Å². The topological polar surface area (TPSA) is 29.1 Å². The minimum atomic E-state index is 0.0420. The van der Waals surface area contributed by atoms with Crippen molar-refractivity contribution >= 4 is 5.91 Å². The summed E-state index contributed by atoms with van der Waals surface area (Å²) < 4.78 is 0. The first kappa shape index (κ1) is 8.13. The van der Waals surface area contributed by atoms with Gasteiger partial charge < -0.3 is 5.32 Å². The highest BCUT2D eigenvalue weighted by molar-refractivity contribution is 5.84. The summed E-state index contributed by atoms with van der Waals surface area (Å²) >= 11 is 0. The lowest BCUT2D eigenvalue weighted by atomic mass is 9.96. The van der Waals surface area contributed by atoms with Crippen LogP contribution < -0.4 is 5.32 Å². The van der Waals surface area contributed by atoms with Crippen LogP contribution in [0, 0.1) is 17.3 Å². The molecule has 1 rings (SSSR count). The Morgan fingerprint density at radius 3 is 2.45 bits per heavy atom. The Balaban J connectivity index is 2.40. The molecule has 0 aromatic rings. The second-order valence-corrected chi connectivity index (χ2v) is 3.84. The minimum Gasteiger partial charge on any atom is -0.342 e. The highest BCUT2D eigenvalue weighted by Gasteiger charge is 2.22. The molecule has 2 heteroatoms. The zero-order chi connectivity index (χ0) is 8.48. The van der Waals surface area contributed by atoms with E-state index in [0.717, 1.165) is 0 Å². The SMILES string of the molecule is CC(C)(C)C#CC1CC(=O)N1. The molecule has 60 valence electrons. The standard InChI is InChI=1S/C9H13NO/c1-9(2,3)5-4-7-6-8(11)10-7/h7H,6H2,1-3H3,(H,10,11). The summed E-state index contributed by atoms with van der Waals surface area (Å²) in [7, 11) is 0. The van der Waals surface area contributed by atoms with E-state index >= 15 is 0 Å². The summed E-state index contributed by atoms with van der Waals surface area (Å²) in [5, 5.41) is 2.70. The summed E-state index contributed by atoms with van der Waals surface area (Å²) in [6, 6.07) is 0.113. The largest absolute Gasteiger partial charge is 0.342 e. The third kappa shape index (κ3) is 2.63. The average molecular weight is 151 g/mol. The van der Waals surface area contributed by atoms with E-state index in [1.54, 1.807) is 0 Å². The van der Waals surface area contributed by atoms with E-state index in [-0.39, 0.29) is 17.4 Å². The molecule has 2 nitrogen and oxygen atoms in total. The van der Waals surface area contributed by atoms with Crippen molar-refractivity contribution in [3.63, 3.8) is 0 Å². The second-order valence-electron chi connectivity index (χ2n) is 3.84. The van der Waals surface area contributed by atoms with Crippen molar-refractivity contribution in [2.45, 2.75) is 33.2 Å². The lowest BCUT2D eigenvalue weighted by Crippen LogP contribution is -2.47. The molecule has 1 N–H and O–H groups in total. The van der Waals surface area contributed by atoms with Crippen LogP contribution in [0.2, 0.25) is 0 Å². The molecule has 11 heavy (non-hydrogen) atoms. The molecule has 1 heterocycles. The predicted molar refractivity (Wildman–Crippen MR) is 43.8 cm³/mol. The first-order valence-corrected chi connectivity index (χ1v) is 3.79. The molecule has 1 atom stereocenters. The summed E-state index contributed by atoms with van der Waals surface area (Å²) in [6.45, 7) is 6.17. The number of nitrogens with one attached hydrogen (secondary N) is 1. The van der Waals surface area contributed by atoms with E-state index in [4.69, 9.17) is 0 Å². The molecule has 1 saturated heterocycles. The molecule has 0 aliphatic carbocycles. The highest BCUT2D eigenvalue weighted by atomic mass is 16.2. The molecule has 0 saturated carbocycles. The molecule has 1 amide bonds. The summed E-state index contributed by atoms with van der Waals surface area (Å²) in [5.74, 6) is 6.20. The lowest BCUT2D eigenvalue weighted by molar-refractivity contribution is -0.126. The van der Waals surface area contributed by atoms with Crippen LogP contribution in [-0.4, -0.2) is 11.9 Å². The number of carbonyl (C=O) groups excluding carboxylic acids is 1. The number of carbonyl (C=O) groups is 1. The average Bonchev–Trinajstić information content (AvgIpc) is 1.75. The molecule has 0 aromatic heterocycles. The number of hydrogen-bond donors (Lipinski definition) is 1. The maximum absolute atomic E-state index is 10.5. The molecular formula is C9H13NO. The fourth-order valence-electron chi connectivity index (χ4n) is 0.749.